The summed E-state index contributed by atoms with van der Waals surface area (Å²) in [6.45, 7) is 2.64. The molecule has 0 atom stereocenters. The number of carbonyl (C=O) groups excluding carboxylic acids is 1. The maximum absolute atomic E-state index is 11.8. The number of benzene rings is 1. The van der Waals surface area contributed by atoms with E-state index in [0.717, 1.165) is 0 Å². The van der Waals surface area contributed by atoms with Crippen LogP contribution in [0.3, 0.4) is 0 Å². The van der Waals surface area contributed by atoms with Crippen LogP contribution in [0.2, 0.25) is 0 Å². The van der Waals surface area contributed by atoms with Gasteiger partial charge in [-0.1, -0.05) is 0 Å². The molecule has 0 bridgehead atoms. The lowest BCUT2D eigenvalue weighted by Gasteiger charge is -2.20. The van der Waals surface area contributed by atoms with E-state index in [9.17, 15) is 9.90 Å². The highest BCUT2D eigenvalue weighted by atomic mass is 79.9. The van der Waals surface area contributed by atoms with Crippen LogP contribution < -0.4 is 10.2 Å². The average Bonchev–Trinajstić information content (AvgIpc) is 2.89. The smallest absolute Gasteiger partial charge is 0.245 e. The molecule has 2 N–H and O–H groups in total. The molecule has 0 unspecified atom stereocenters. The lowest BCUT2D eigenvalue weighted by Crippen LogP contribution is -2.33. The number of methoxy groups -OCH3 is 1. The maximum Gasteiger partial charge on any atom is 0.245 e. The molecule has 7 nitrogen and oxygen atoms in total. The van der Waals surface area contributed by atoms with Crippen LogP contribution in [0, 0.1) is 0 Å². The molecule has 22 heavy (non-hydrogen) atoms. The van der Waals surface area contributed by atoms with Crippen molar-refractivity contribution in [2.24, 2.45) is 5.10 Å². The fraction of sp³-hybridized carbons (Fsp3) is 0.429. The minimum absolute atomic E-state index is 0.00761. The summed E-state index contributed by atoms with van der Waals surface area (Å²) in [6.07, 6.45) is 1.37. The Morgan fingerprint density at radius 1 is 1.55 bits per heavy atom. The van der Waals surface area contributed by atoms with Gasteiger partial charge in [0.25, 0.3) is 0 Å². The number of carbonyl (C=O) groups is 1. The van der Waals surface area contributed by atoms with Crippen molar-refractivity contribution in [2.75, 3.05) is 20.3 Å². The Morgan fingerprint density at radius 2 is 2.23 bits per heavy atom. The lowest BCUT2D eigenvalue weighted by molar-refractivity contribution is -0.159. The van der Waals surface area contributed by atoms with Gasteiger partial charge in [-0.25, -0.2) is 5.43 Å². The van der Waals surface area contributed by atoms with Crippen LogP contribution in [0.15, 0.2) is 21.7 Å². The van der Waals surface area contributed by atoms with E-state index in [2.05, 4.69) is 26.5 Å². The molecule has 1 saturated heterocycles. The number of nitrogens with zero attached hydrogens (tertiary/aromatic N) is 1. The Morgan fingerprint density at radius 3 is 2.86 bits per heavy atom. The minimum Gasteiger partial charge on any atom is -0.506 e. The molecule has 2 rings (SSSR count). The van der Waals surface area contributed by atoms with Crippen molar-refractivity contribution < 1.29 is 24.1 Å². The van der Waals surface area contributed by atoms with Gasteiger partial charge in [-0.2, -0.15) is 5.10 Å². The van der Waals surface area contributed by atoms with Gasteiger partial charge in [0.1, 0.15) is 11.5 Å². The summed E-state index contributed by atoms with van der Waals surface area (Å²) >= 11 is 3.21. The Balaban J connectivity index is 1.97. The molecular weight excluding hydrogens is 356 g/mol. The Labute approximate surface area is 136 Å². The van der Waals surface area contributed by atoms with Gasteiger partial charge in [0, 0.05) is 5.56 Å². The van der Waals surface area contributed by atoms with E-state index in [1.54, 1.807) is 19.1 Å². The third kappa shape index (κ3) is 4.19. The summed E-state index contributed by atoms with van der Waals surface area (Å²) in [5.74, 6) is -0.686. The van der Waals surface area contributed by atoms with Crippen molar-refractivity contribution in [2.45, 2.75) is 19.1 Å². The van der Waals surface area contributed by atoms with E-state index in [1.165, 1.54) is 13.3 Å². The zero-order chi connectivity index (χ0) is 16.2. The SMILES string of the molecule is COc1cc(Br)c(O)c(/C=N\NC(=O)CC2(C)OCCO2)c1. The number of phenols is 1. The van der Waals surface area contributed by atoms with Crippen molar-refractivity contribution in [3.05, 3.63) is 22.2 Å². The van der Waals surface area contributed by atoms with Gasteiger partial charge in [0.15, 0.2) is 5.79 Å². The summed E-state index contributed by atoms with van der Waals surface area (Å²) in [5.41, 5.74) is 2.78. The number of halogens is 1. The third-order valence-corrected chi connectivity index (χ3v) is 3.68. The Hall–Kier alpha value is -1.64. The molecule has 1 aliphatic rings. The number of aromatic hydroxyl groups is 1. The van der Waals surface area contributed by atoms with Crippen LogP contribution in [-0.4, -0.2) is 43.3 Å². The Kier molecular flexibility index (Phi) is 5.38. The number of rotatable bonds is 5. The fourth-order valence-corrected chi connectivity index (χ4v) is 2.43. The van der Waals surface area contributed by atoms with Crippen molar-refractivity contribution in [3.63, 3.8) is 0 Å². The quantitative estimate of drug-likeness (QED) is 0.607. The van der Waals surface area contributed by atoms with Crippen LogP contribution in [0.25, 0.3) is 0 Å². The van der Waals surface area contributed by atoms with E-state index >= 15 is 0 Å². The molecule has 120 valence electrons. The van der Waals surface area contributed by atoms with Gasteiger partial charge in [-0.3, -0.25) is 4.79 Å². The molecule has 1 aromatic carbocycles. The molecule has 0 radical (unpaired) electrons. The van der Waals surface area contributed by atoms with E-state index in [4.69, 9.17) is 14.2 Å². The number of hydrazone groups is 1. The van der Waals surface area contributed by atoms with E-state index in [1.807, 2.05) is 0 Å². The molecule has 0 spiro atoms. The van der Waals surface area contributed by atoms with Crippen molar-refractivity contribution in [3.8, 4) is 11.5 Å². The third-order valence-electron chi connectivity index (χ3n) is 3.07. The first kappa shape index (κ1) is 16.7. The molecule has 1 aromatic rings. The largest absolute Gasteiger partial charge is 0.506 e. The highest BCUT2D eigenvalue weighted by molar-refractivity contribution is 9.10. The number of phenolic OH excluding ortho intramolecular Hbond substituents is 1. The summed E-state index contributed by atoms with van der Waals surface area (Å²) in [4.78, 5) is 11.8. The highest BCUT2D eigenvalue weighted by Crippen LogP contribution is 2.31. The molecule has 1 heterocycles. The van der Waals surface area contributed by atoms with E-state index in [-0.39, 0.29) is 18.1 Å². The highest BCUT2D eigenvalue weighted by Gasteiger charge is 2.33. The summed E-state index contributed by atoms with van der Waals surface area (Å²) in [5, 5.41) is 13.7. The Bertz CT molecular complexity index is 585. The zero-order valence-electron chi connectivity index (χ0n) is 12.3. The fourth-order valence-electron chi connectivity index (χ4n) is 1.97. The van der Waals surface area contributed by atoms with Crippen molar-refractivity contribution >= 4 is 28.1 Å². The van der Waals surface area contributed by atoms with Crippen molar-refractivity contribution in [1.82, 2.24) is 5.43 Å². The second-order valence-electron chi connectivity index (χ2n) is 4.85. The summed E-state index contributed by atoms with van der Waals surface area (Å²) in [7, 11) is 1.52. The predicted molar refractivity (Wildman–Crippen MR) is 83.0 cm³/mol. The predicted octanol–water partition coefficient (Wildman–Crippen LogP) is 1.77. The topological polar surface area (TPSA) is 89.4 Å². The maximum atomic E-state index is 11.8. The minimum atomic E-state index is -0.902. The molecular formula is C14H17BrN2O5. The van der Waals surface area contributed by atoms with Gasteiger partial charge in [0.05, 0.1) is 37.4 Å². The number of nitrogens with one attached hydrogen (secondary N) is 1. The molecule has 8 heteroatoms. The number of amides is 1. The zero-order valence-corrected chi connectivity index (χ0v) is 13.8. The average molecular weight is 373 g/mol. The van der Waals surface area contributed by atoms with Gasteiger partial charge in [-0.05, 0) is 35.0 Å². The summed E-state index contributed by atoms with van der Waals surface area (Å²) < 4.78 is 16.3. The molecule has 1 aliphatic heterocycles. The molecule has 1 amide bonds. The van der Waals surface area contributed by atoms with Crippen LogP contribution in [0.1, 0.15) is 18.9 Å². The molecule has 0 saturated carbocycles. The summed E-state index contributed by atoms with van der Waals surface area (Å²) in [6, 6.07) is 3.22. The first-order valence-electron chi connectivity index (χ1n) is 6.60. The van der Waals surface area contributed by atoms with Crippen LogP contribution in [0.5, 0.6) is 11.5 Å². The molecule has 0 aromatic heterocycles. The van der Waals surface area contributed by atoms with Gasteiger partial charge in [0.2, 0.25) is 5.91 Å². The first-order valence-corrected chi connectivity index (χ1v) is 7.39. The van der Waals surface area contributed by atoms with Crippen LogP contribution in [0.4, 0.5) is 0 Å². The van der Waals surface area contributed by atoms with Gasteiger partial charge in [-0.15, -0.1) is 0 Å². The van der Waals surface area contributed by atoms with E-state index < -0.39 is 5.79 Å². The monoisotopic (exact) mass is 372 g/mol. The normalized spacial score (nSPS) is 16.9. The first-order chi connectivity index (χ1) is 10.4. The van der Waals surface area contributed by atoms with Gasteiger partial charge >= 0.3 is 0 Å². The van der Waals surface area contributed by atoms with E-state index in [0.29, 0.717) is 29.0 Å². The molecule has 1 fully saturated rings. The lowest BCUT2D eigenvalue weighted by atomic mass is 10.2. The number of ether oxygens (including phenoxy) is 3. The number of hydrogen-bond acceptors (Lipinski definition) is 6. The van der Waals surface area contributed by atoms with Crippen molar-refractivity contribution in [1.29, 1.82) is 0 Å². The van der Waals surface area contributed by atoms with Gasteiger partial charge < -0.3 is 19.3 Å². The second kappa shape index (κ2) is 7.08. The standard InChI is InChI=1S/C14H17BrN2O5/c1-14(21-3-4-22-14)7-12(18)17-16-8-9-5-10(20-2)6-11(15)13(9)19/h5-6,8,19H,3-4,7H2,1-2H3,(H,17,18)/b16-8-. The van der Waals surface area contributed by atoms with Crippen LogP contribution >= 0.6 is 15.9 Å². The van der Waals surface area contributed by atoms with Crippen LogP contribution in [-0.2, 0) is 14.3 Å². The molecule has 0 aliphatic carbocycles. The second-order valence-corrected chi connectivity index (χ2v) is 5.70. The number of hydrogen-bond donors (Lipinski definition) is 2.